The van der Waals surface area contributed by atoms with Gasteiger partial charge in [0, 0.05) is 18.7 Å². The molecule has 33 heavy (non-hydrogen) atoms. The van der Waals surface area contributed by atoms with Crippen molar-refractivity contribution in [3.05, 3.63) is 47.7 Å². The zero-order chi connectivity index (χ0) is 24.1. The summed E-state index contributed by atoms with van der Waals surface area (Å²) >= 11 is 0. The van der Waals surface area contributed by atoms with Gasteiger partial charge >= 0.3 is 0 Å². The van der Waals surface area contributed by atoms with E-state index in [9.17, 15) is 0 Å². The molecule has 0 atom stereocenters. The van der Waals surface area contributed by atoms with Crippen LogP contribution in [-0.4, -0.2) is 58.8 Å². The van der Waals surface area contributed by atoms with Crippen LogP contribution in [0.4, 0.5) is 11.8 Å². The lowest BCUT2D eigenvalue weighted by molar-refractivity contribution is -0.935. The minimum atomic E-state index is 0.183. The number of pyridine rings is 1. The zero-order valence-corrected chi connectivity index (χ0v) is 21.0. The highest BCUT2D eigenvalue weighted by atomic mass is 16.5. The highest BCUT2D eigenvalue weighted by molar-refractivity contribution is 5.86. The molecule has 0 aliphatic rings. The smallest absolute Gasteiger partial charge is 0.222 e. The fourth-order valence-corrected chi connectivity index (χ4v) is 3.32. The molecule has 178 valence electrons. The largest absolute Gasteiger partial charge is 0.488 e. The van der Waals surface area contributed by atoms with Crippen molar-refractivity contribution in [1.29, 1.82) is 0 Å². The van der Waals surface area contributed by atoms with Crippen molar-refractivity contribution in [2.45, 2.75) is 52.5 Å². The standard InChI is InChI=1S/C26H39N6O/c1-7-8-15-28-24-23-22(30-25(27)31-24)14-11-20(29-23)18-19-9-12-21(13-10-19)33-17-16-32(5,6)26(2,3)4/h9-14H,7-8,15-18H2,1-6H3,(H3,27,28,30,31)/q+1. The number of hydrogen-bond acceptors (Lipinski definition) is 6. The van der Waals surface area contributed by atoms with E-state index in [-0.39, 0.29) is 11.5 Å². The number of ether oxygens (including phenoxy) is 1. The van der Waals surface area contributed by atoms with E-state index in [0.717, 1.165) is 59.3 Å². The van der Waals surface area contributed by atoms with Crippen molar-refractivity contribution in [2.75, 3.05) is 44.8 Å². The molecule has 2 aromatic heterocycles. The van der Waals surface area contributed by atoms with E-state index >= 15 is 0 Å². The second kappa shape index (κ2) is 10.3. The molecule has 3 N–H and O–H groups in total. The van der Waals surface area contributed by atoms with E-state index in [1.807, 2.05) is 24.3 Å². The van der Waals surface area contributed by atoms with Gasteiger partial charge in [-0.1, -0.05) is 25.5 Å². The molecule has 0 saturated carbocycles. The Morgan fingerprint density at radius 2 is 1.73 bits per heavy atom. The SMILES string of the molecule is CCCCNc1nc(N)nc2ccc(Cc3ccc(OCC[N+](C)(C)C(C)(C)C)cc3)nc12. The molecule has 0 unspecified atom stereocenters. The zero-order valence-electron chi connectivity index (χ0n) is 21.0. The average Bonchev–Trinajstić information content (AvgIpc) is 2.74. The van der Waals surface area contributed by atoms with Crippen LogP contribution in [0, 0.1) is 0 Å². The van der Waals surface area contributed by atoms with Crippen molar-refractivity contribution in [1.82, 2.24) is 15.0 Å². The number of anilines is 2. The summed E-state index contributed by atoms with van der Waals surface area (Å²) in [5.74, 6) is 1.86. The minimum absolute atomic E-state index is 0.183. The van der Waals surface area contributed by atoms with Gasteiger partial charge in [-0.2, -0.15) is 4.98 Å². The predicted molar refractivity (Wildman–Crippen MR) is 137 cm³/mol. The molecule has 0 radical (unpaired) electrons. The average molecular weight is 452 g/mol. The number of nitrogens with zero attached hydrogens (tertiary/aromatic N) is 4. The Bertz CT molecular complexity index is 1060. The van der Waals surface area contributed by atoms with Crippen LogP contribution in [0.2, 0.25) is 0 Å². The third-order valence-corrected chi connectivity index (χ3v) is 6.48. The third kappa shape index (κ3) is 6.54. The van der Waals surface area contributed by atoms with Gasteiger partial charge in [-0.05, 0) is 57.0 Å². The monoisotopic (exact) mass is 451 g/mol. The Balaban J connectivity index is 1.66. The first-order valence-corrected chi connectivity index (χ1v) is 11.8. The molecule has 0 saturated heterocycles. The van der Waals surface area contributed by atoms with Crippen LogP contribution in [0.5, 0.6) is 5.75 Å². The summed E-state index contributed by atoms with van der Waals surface area (Å²) in [4.78, 5) is 13.5. The summed E-state index contributed by atoms with van der Waals surface area (Å²) in [5, 5.41) is 3.36. The van der Waals surface area contributed by atoms with E-state index in [2.05, 4.69) is 69.2 Å². The van der Waals surface area contributed by atoms with Crippen LogP contribution in [0.3, 0.4) is 0 Å². The molecule has 7 heteroatoms. The maximum atomic E-state index is 6.01. The summed E-state index contributed by atoms with van der Waals surface area (Å²) in [7, 11) is 4.49. The molecule has 0 aliphatic heterocycles. The van der Waals surface area contributed by atoms with Crippen molar-refractivity contribution < 1.29 is 9.22 Å². The van der Waals surface area contributed by atoms with E-state index in [0.29, 0.717) is 12.4 Å². The van der Waals surface area contributed by atoms with E-state index < -0.39 is 0 Å². The van der Waals surface area contributed by atoms with Gasteiger partial charge in [0.25, 0.3) is 0 Å². The Hall–Kier alpha value is -2.93. The quantitative estimate of drug-likeness (QED) is 0.344. The van der Waals surface area contributed by atoms with E-state index in [4.69, 9.17) is 15.5 Å². The predicted octanol–water partition coefficient (Wildman–Crippen LogP) is 4.66. The Labute approximate surface area is 198 Å². The minimum Gasteiger partial charge on any atom is -0.488 e. The number of likely N-dealkylation sites (N-methyl/N-ethyl adjacent to an activating group) is 1. The number of nitrogen functional groups attached to an aromatic ring is 1. The van der Waals surface area contributed by atoms with Crippen LogP contribution in [0.25, 0.3) is 11.0 Å². The molecule has 1 aromatic carbocycles. The molecule has 2 heterocycles. The summed E-state index contributed by atoms with van der Waals surface area (Å²) in [5.41, 5.74) is 9.72. The van der Waals surface area contributed by atoms with Crippen LogP contribution in [-0.2, 0) is 6.42 Å². The number of benzene rings is 1. The Morgan fingerprint density at radius 3 is 2.39 bits per heavy atom. The molecule has 0 aliphatic carbocycles. The number of nitrogens with two attached hydrogens (primary N) is 1. The number of fused-ring (bicyclic) bond motifs is 1. The molecular weight excluding hydrogens is 412 g/mol. The molecule has 7 nitrogen and oxygen atoms in total. The highest BCUT2D eigenvalue weighted by Gasteiger charge is 2.31. The maximum Gasteiger partial charge on any atom is 0.222 e. The second-order valence-electron chi connectivity index (χ2n) is 10.1. The van der Waals surface area contributed by atoms with Gasteiger partial charge in [0.2, 0.25) is 5.95 Å². The fraction of sp³-hybridized carbons (Fsp3) is 0.500. The molecule has 3 aromatic rings. The van der Waals surface area contributed by atoms with Crippen LogP contribution in [0.15, 0.2) is 36.4 Å². The molecular formula is C26H39N6O+. The molecule has 0 bridgehead atoms. The molecule has 0 spiro atoms. The van der Waals surface area contributed by atoms with Crippen molar-refractivity contribution in [3.8, 4) is 5.75 Å². The van der Waals surface area contributed by atoms with Crippen molar-refractivity contribution in [3.63, 3.8) is 0 Å². The molecule has 0 amide bonds. The number of rotatable bonds is 10. The van der Waals surface area contributed by atoms with Gasteiger partial charge in [0.05, 0.1) is 25.2 Å². The number of hydrogen-bond donors (Lipinski definition) is 2. The van der Waals surface area contributed by atoms with Crippen LogP contribution < -0.4 is 15.8 Å². The maximum absolute atomic E-state index is 6.01. The van der Waals surface area contributed by atoms with Gasteiger partial charge in [-0.15, -0.1) is 0 Å². The lowest BCUT2D eigenvalue weighted by Crippen LogP contribution is -2.55. The van der Waals surface area contributed by atoms with Gasteiger partial charge in [-0.25, -0.2) is 9.97 Å². The fourth-order valence-electron chi connectivity index (χ4n) is 3.32. The summed E-state index contributed by atoms with van der Waals surface area (Å²) in [6, 6.07) is 12.2. The lowest BCUT2D eigenvalue weighted by atomic mass is 10.0. The summed E-state index contributed by atoms with van der Waals surface area (Å²) in [6.45, 7) is 11.4. The lowest BCUT2D eigenvalue weighted by Gasteiger charge is -2.42. The van der Waals surface area contributed by atoms with Gasteiger partial charge < -0.3 is 20.3 Å². The van der Waals surface area contributed by atoms with E-state index in [1.165, 1.54) is 5.56 Å². The second-order valence-corrected chi connectivity index (χ2v) is 10.1. The number of nitrogens with one attached hydrogen (secondary N) is 1. The van der Waals surface area contributed by atoms with Gasteiger partial charge in [-0.3, -0.25) is 0 Å². The van der Waals surface area contributed by atoms with Gasteiger partial charge in [0.1, 0.15) is 24.4 Å². The van der Waals surface area contributed by atoms with Crippen molar-refractivity contribution >= 4 is 22.8 Å². The van der Waals surface area contributed by atoms with Crippen molar-refractivity contribution in [2.24, 2.45) is 0 Å². The van der Waals surface area contributed by atoms with Crippen LogP contribution >= 0.6 is 0 Å². The Kier molecular flexibility index (Phi) is 7.74. The summed E-state index contributed by atoms with van der Waals surface area (Å²) in [6.07, 6.45) is 2.90. The first kappa shape index (κ1) is 24.7. The number of unbranched alkanes of at least 4 members (excludes halogenated alkanes) is 1. The highest BCUT2D eigenvalue weighted by Crippen LogP contribution is 2.22. The van der Waals surface area contributed by atoms with Crippen LogP contribution in [0.1, 0.15) is 51.8 Å². The summed E-state index contributed by atoms with van der Waals surface area (Å²) < 4.78 is 6.91. The number of quaternary nitrogens is 1. The normalized spacial score (nSPS) is 12.2. The molecule has 3 rings (SSSR count). The first-order valence-electron chi connectivity index (χ1n) is 11.8. The first-order chi connectivity index (χ1) is 15.6. The molecule has 0 fully saturated rings. The van der Waals surface area contributed by atoms with Gasteiger partial charge in [0.15, 0.2) is 5.82 Å². The number of aromatic nitrogens is 3. The third-order valence-electron chi connectivity index (χ3n) is 6.48. The van der Waals surface area contributed by atoms with E-state index in [1.54, 1.807) is 0 Å². The Morgan fingerprint density at radius 1 is 1.00 bits per heavy atom. The topological polar surface area (TPSA) is 86.0 Å².